The summed E-state index contributed by atoms with van der Waals surface area (Å²) in [7, 11) is 0. The summed E-state index contributed by atoms with van der Waals surface area (Å²) in [6, 6.07) is 5.61. The van der Waals surface area contributed by atoms with Gasteiger partial charge in [-0.3, -0.25) is 4.79 Å². The van der Waals surface area contributed by atoms with Gasteiger partial charge in [0.15, 0.2) is 0 Å². The third kappa shape index (κ3) is 3.60. The molecular formula is C16H18Cl2N2O. The van der Waals surface area contributed by atoms with Crippen molar-refractivity contribution in [3.63, 3.8) is 0 Å². The zero-order valence-electron chi connectivity index (χ0n) is 11.7. The zero-order chi connectivity index (χ0) is 14.8. The van der Waals surface area contributed by atoms with Gasteiger partial charge in [-0.2, -0.15) is 0 Å². The van der Waals surface area contributed by atoms with Crippen LogP contribution < -0.4 is 5.32 Å². The number of hydrogen-bond acceptors (Lipinski definition) is 2. The van der Waals surface area contributed by atoms with Gasteiger partial charge in [0.05, 0.1) is 10.0 Å². The van der Waals surface area contributed by atoms with Crippen molar-refractivity contribution in [2.75, 3.05) is 19.6 Å². The molecule has 3 aliphatic rings. The van der Waals surface area contributed by atoms with Crippen LogP contribution in [0.1, 0.15) is 18.4 Å². The predicted molar refractivity (Wildman–Crippen MR) is 86.6 cm³/mol. The van der Waals surface area contributed by atoms with E-state index in [2.05, 4.69) is 10.2 Å². The fourth-order valence-corrected chi connectivity index (χ4v) is 3.45. The van der Waals surface area contributed by atoms with E-state index < -0.39 is 0 Å². The van der Waals surface area contributed by atoms with Gasteiger partial charge in [-0.15, -0.1) is 0 Å². The van der Waals surface area contributed by atoms with Gasteiger partial charge < -0.3 is 10.2 Å². The molecule has 0 saturated carbocycles. The van der Waals surface area contributed by atoms with Crippen LogP contribution in [0, 0.1) is 5.92 Å². The van der Waals surface area contributed by atoms with Crippen LogP contribution in [0.4, 0.5) is 0 Å². The number of rotatable bonds is 3. The molecule has 21 heavy (non-hydrogen) atoms. The Bertz CT molecular complexity index is 565. The van der Waals surface area contributed by atoms with Gasteiger partial charge in [-0.25, -0.2) is 0 Å². The van der Waals surface area contributed by atoms with Crippen LogP contribution in [-0.4, -0.2) is 36.5 Å². The molecule has 3 heterocycles. The van der Waals surface area contributed by atoms with Gasteiger partial charge in [-0.05, 0) is 55.6 Å². The lowest BCUT2D eigenvalue weighted by atomic mass is 9.84. The predicted octanol–water partition coefficient (Wildman–Crippen LogP) is 3.22. The SMILES string of the molecule is O=C(/C=C/c1ccc(Cl)c(Cl)c1)N[C@H]1CN2CCC1CC2. The van der Waals surface area contributed by atoms with E-state index >= 15 is 0 Å². The third-order valence-electron chi connectivity index (χ3n) is 4.35. The number of benzene rings is 1. The molecule has 4 rings (SSSR count). The number of carbonyl (C=O) groups is 1. The minimum atomic E-state index is -0.0418. The Morgan fingerprint density at radius 2 is 2.00 bits per heavy atom. The summed E-state index contributed by atoms with van der Waals surface area (Å²) in [5.41, 5.74) is 0.869. The smallest absolute Gasteiger partial charge is 0.244 e. The summed E-state index contributed by atoms with van der Waals surface area (Å²) in [6.45, 7) is 3.34. The lowest BCUT2D eigenvalue weighted by Gasteiger charge is -2.44. The van der Waals surface area contributed by atoms with E-state index in [4.69, 9.17) is 23.2 Å². The fraction of sp³-hybridized carbons (Fsp3) is 0.438. The maximum atomic E-state index is 12.0. The van der Waals surface area contributed by atoms with Crippen molar-refractivity contribution in [2.45, 2.75) is 18.9 Å². The van der Waals surface area contributed by atoms with E-state index in [1.807, 2.05) is 6.07 Å². The van der Waals surface area contributed by atoms with E-state index in [-0.39, 0.29) is 5.91 Å². The Kier molecular flexibility index (Phi) is 4.53. The Morgan fingerprint density at radius 3 is 2.62 bits per heavy atom. The van der Waals surface area contributed by atoms with Crippen molar-refractivity contribution in [1.29, 1.82) is 0 Å². The number of nitrogens with one attached hydrogen (secondary N) is 1. The van der Waals surface area contributed by atoms with E-state index in [0.29, 0.717) is 22.0 Å². The molecular weight excluding hydrogens is 307 g/mol. The molecule has 5 heteroatoms. The molecule has 1 amide bonds. The van der Waals surface area contributed by atoms with Crippen molar-refractivity contribution in [1.82, 2.24) is 10.2 Å². The van der Waals surface area contributed by atoms with Gasteiger partial charge in [0, 0.05) is 18.7 Å². The summed E-state index contributed by atoms with van der Waals surface area (Å²) in [6.07, 6.45) is 5.72. The van der Waals surface area contributed by atoms with Crippen LogP contribution in [0.2, 0.25) is 10.0 Å². The topological polar surface area (TPSA) is 32.3 Å². The number of amides is 1. The van der Waals surface area contributed by atoms with Gasteiger partial charge in [0.25, 0.3) is 0 Å². The Labute approximate surface area is 134 Å². The van der Waals surface area contributed by atoms with Crippen molar-refractivity contribution < 1.29 is 4.79 Å². The molecule has 0 radical (unpaired) electrons. The molecule has 112 valence electrons. The summed E-state index contributed by atoms with van der Waals surface area (Å²) in [5, 5.41) is 4.14. The summed E-state index contributed by atoms with van der Waals surface area (Å²) < 4.78 is 0. The third-order valence-corrected chi connectivity index (χ3v) is 5.09. The highest BCUT2D eigenvalue weighted by atomic mass is 35.5. The normalized spacial score (nSPS) is 28.0. The quantitative estimate of drug-likeness (QED) is 0.866. The average Bonchev–Trinajstić information content (AvgIpc) is 2.50. The maximum absolute atomic E-state index is 12.0. The van der Waals surface area contributed by atoms with E-state index in [1.54, 1.807) is 24.3 Å². The van der Waals surface area contributed by atoms with Crippen LogP contribution in [-0.2, 0) is 4.79 Å². The van der Waals surface area contributed by atoms with Crippen molar-refractivity contribution >= 4 is 35.2 Å². The minimum Gasteiger partial charge on any atom is -0.348 e. The molecule has 1 aromatic rings. The first-order chi connectivity index (χ1) is 10.1. The second-order valence-electron chi connectivity index (χ2n) is 5.76. The zero-order valence-corrected chi connectivity index (χ0v) is 13.2. The lowest BCUT2D eigenvalue weighted by Crippen LogP contribution is -2.57. The van der Waals surface area contributed by atoms with E-state index in [1.165, 1.54) is 25.9 Å². The second kappa shape index (κ2) is 6.39. The Balaban J connectivity index is 1.58. The molecule has 0 unspecified atom stereocenters. The van der Waals surface area contributed by atoms with Crippen LogP contribution in [0.5, 0.6) is 0 Å². The number of fused-ring (bicyclic) bond motifs is 3. The molecule has 3 saturated heterocycles. The van der Waals surface area contributed by atoms with Crippen LogP contribution in [0.3, 0.4) is 0 Å². The highest BCUT2D eigenvalue weighted by Crippen LogP contribution is 2.27. The molecule has 0 aromatic heterocycles. The highest BCUT2D eigenvalue weighted by Gasteiger charge is 2.34. The van der Waals surface area contributed by atoms with Crippen LogP contribution in [0.15, 0.2) is 24.3 Å². The minimum absolute atomic E-state index is 0.0418. The average molecular weight is 325 g/mol. The summed E-state index contributed by atoms with van der Waals surface area (Å²) in [4.78, 5) is 14.5. The summed E-state index contributed by atoms with van der Waals surface area (Å²) >= 11 is 11.8. The molecule has 2 bridgehead atoms. The second-order valence-corrected chi connectivity index (χ2v) is 6.57. The number of hydrogen-bond donors (Lipinski definition) is 1. The highest BCUT2D eigenvalue weighted by molar-refractivity contribution is 6.42. The number of piperidine rings is 3. The first-order valence-electron chi connectivity index (χ1n) is 7.28. The molecule has 3 nitrogen and oxygen atoms in total. The molecule has 3 fully saturated rings. The van der Waals surface area contributed by atoms with E-state index in [0.717, 1.165) is 12.1 Å². The summed E-state index contributed by atoms with van der Waals surface area (Å²) in [5.74, 6) is 0.595. The standard InChI is InChI=1S/C16H18Cl2N2O/c17-13-3-1-11(9-14(13)18)2-4-16(21)19-15-10-20-7-5-12(15)6-8-20/h1-4,9,12,15H,5-8,10H2,(H,19,21)/b4-2+/t15-/m0/s1. The van der Waals surface area contributed by atoms with Crippen molar-refractivity contribution in [3.05, 3.63) is 39.9 Å². The molecule has 0 spiro atoms. The Hall–Kier alpha value is -1.03. The molecule has 1 atom stereocenters. The largest absolute Gasteiger partial charge is 0.348 e. The van der Waals surface area contributed by atoms with Gasteiger partial charge in [0.2, 0.25) is 5.91 Å². The number of nitrogens with zero attached hydrogens (tertiary/aromatic N) is 1. The van der Waals surface area contributed by atoms with E-state index in [9.17, 15) is 4.79 Å². The van der Waals surface area contributed by atoms with Gasteiger partial charge in [0.1, 0.15) is 0 Å². The van der Waals surface area contributed by atoms with Crippen molar-refractivity contribution in [2.24, 2.45) is 5.92 Å². The van der Waals surface area contributed by atoms with Crippen LogP contribution >= 0.6 is 23.2 Å². The molecule has 3 aliphatic heterocycles. The monoisotopic (exact) mass is 324 g/mol. The Morgan fingerprint density at radius 1 is 1.24 bits per heavy atom. The molecule has 0 aliphatic carbocycles. The molecule has 1 N–H and O–H groups in total. The van der Waals surface area contributed by atoms with Crippen LogP contribution in [0.25, 0.3) is 6.08 Å². The van der Waals surface area contributed by atoms with Crippen molar-refractivity contribution in [3.8, 4) is 0 Å². The maximum Gasteiger partial charge on any atom is 0.244 e. The lowest BCUT2D eigenvalue weighted by molar-refractivity contribution is -0.118. The molecule has 1 aromatic carbocycles. The first kappa shape index (κ1) is 14.9. The fourth-order valence-electron chi connectivity index (χ4n) is 3.15. The van der Waals surface area contributed by atoms with Gasteiger partial charge in [-0.1, -0.05) is 29.3 Å². The van der Waals surface area contributed by atoms with Gasteiger partial charge >= 0.3 is 0 Å². The number of carbonyl (C=O) groups excluding carboxylic acids is 1. The first-order valence-corrected chi connectivity index (χ1v) is 8.03. The number of halogens is 2.